The molecular weight excluding hydrogens is 234 g/mol. The molecule has 1 rings (SSSR count). The number of hydrogen-bond donors (Lipinski definition) is 0. The Kier molecular flexibility index (Phi) is 4.04. The minimum Gasteiger partial charge on any atom is -0.477 e. The lowest BCUT2D eigenvalue weighted by molar-refractivity contribution is -0.165. The maximum absolute atomic E-state index is 12.4. The second kappa shape index (κ2) is 5.00. The van der Waals surface area contributed by atoms with Gasteiger partial charge in [0.05, 0.1) is 12.7 Å². The molecule has 1 aliphatic heterocycles. The van der Waals surface area contributed by atoms with Gasteiger partial charge in [0, 0.05) is 0 Å². The van der Waals surface area contributed by atoms with E-state index in [1.54, 1.807) is 20.8 Å². The van der Waals surface area contributed by atoms with Crippen LogP contribution in [0.25, 0.3) is 0 Å². The van der Waals surface area contributed by atoms with Crippen LogP contribution in [-0.4, -0.2) is 36.2 Å². The fourth-order valence-corrected chi connectivity index (χ4v) is 2.02. The number of carbonyl (C=O) groups excluding carboxylic acids is 2. The van der Waals surface area contributed by atoms with Gasteiger partial charge in [-0.05, 0) is 26.7 Å². The Morgan fingerprint density at radius 2 is 2.00 bits per heavy atom. The molecule has 5 heteroatoms. The molecule has 0 saturated carbocycles. The number of methoxy groups -OCH3 is 1. The van der Waals surface area contributed by atoms with Gasteiger partial charge in [0.2, 0.25) is 0 Å². The number of allylic oxidation sites excluding steroid dienone is 1. The Morgan fingerprint density at radius 1 is 1.44 bits per heavy atom. The van der Waals surface area contributed by atoms with Gasteiger partial charge in [-0.2, -0.15) is 0 Å². The SMILES string of the molecule is COC(=O)C(C)(C)N1COC(C)=C(C(C)C)C1=O. The summed E-state index contributed by atoms with van der Waals surface area (Å²) >= 11 is 0. The van der Waals surface area contributed by atoms with Crippen LogP contribution in [0.3, 0.4) is 0 Å². The average Bonchev–Trinajstić information content (AvgIpc) is 2.26. The van der Waals surface area contributed by atoms with Crippen LogP contribution < -0.4 is 0 Å². The van der Waals surface area contributed by atoms with Crippen molar-refractivity contribution >= 4 is 11.9 Å². The highest BCUT2D eigenvalue weighted by Gasteiger charge is 2.43. The third-order valence-corrected chi connectivity index (χ3v) is 3.20. The van der Waals surface area contributed by atoms with Gasteiger partial charge in [-0.1, -0.05) is 13.8 Å². The quantitative estimate of drug-likeness (QED) is 0.720. The number of carbonyl (C=O) groups is 2. The van der Waals surface area contributed by atoms with E-state index in [1.165, 1.54) is 12.0 Å². The minimum absolute atomic E-state index is 0.0498. The van der Waals surface area contributed by atoms with Crippen LogP contribution in [-0.2, 0) is 19.1 Å². The van der Waals surface area contributed by atoms with E-state index < -0.39 is 11.5 Å². The lowest BCUT2D eigenvalue weighted by atomic mass is 9.95. The van der Waals surface area contributed by atoms with Gasteiger partial charge in [-0.3, -0.25) is 9.69 Å². The molecule has 0 bridgehead atoms. The van der Waals surface area contributed by atoms with E-state index in [-0.39, 0.29) is 18.6 Å². The summed E-state index contributed by atoms with van der Waals surface area (Å²) in [6.45, 7) is 9.00. The standard InChI is InChI=1S/C13H21NO4/c1-8(2)10-9(3)18-7-14(11(10)15)13(4,5)12(16)17-6/h8H,7H2,1-6H3. The van der Waals surface area contributed by atoms with Crippen LogP contribution in [0, 0.1) is 5.92 Å². The van der Waals surface area contributed by atoms with Crippen molar-refractivity contribution in [2.45, 2.75) is 40.2 Å². The molecule has 1 heterocycles. The number of rotatable bonds is 3. The first-order valence-electron chi connectivity index (χ1n) is 5.97. The Hall–Kier alpha value is -1.52. The smallest absolute Gasteiger partial charge is 0.331 e. The van der Waals surface area contributed by atoms with Crippen molar-refractivity contribution in [2.24, 2.45) is 5.92 Å². The third-order valence-electron chi connectivity index (χ3n) is 3.20. The highest BCUT2D eigenvalue weighted by atomic mass is 16.5. The second-order valence-electron chi connectivity index (χ2n) is 5.18. The third kappa shape index (κ3) is 2.35. The van der Waals surface area contributed by atoms with Crippen molar-refractivity contribution in [2.75, 3.05) is 13.8 Å². The molecule has 18 heavy (non-hydrogen) atoms. The van der Waals surface area contributed by atoms with E-state index in [2.05, 4.69) is 0 Å². The summed E-state index contributed by atoms with van der Waals surface area (Å²) in [5.41, 5.74) is -0.426. The van der Waals surface area contributed by atoms with Crippen LogP contribution >= 0.6 is 0 Å². The summed E-state index contributed by atoms with van der Waals surface area (Å²) in [4.78, 5) is 25.6. The van der Waals surface area contributed by atoms with Crippen LogP contribution in [0.1, 0.15) is 34.6 Å². The normalized spacial score (nSPS) is 17.1. The molecule has 0 aliphatic carbocycles. The summed E-state index contributed by atoms with van der Waals surface area (Å²) in [5, 5.41) is 0. The monoisotopic (exact) mass is 255 g/mol. The van der Waals surface area contributed by atoms with Gasteiger partial charge in [0.15, 0.2) is 6.73 Å². The predicted octanol–water partition coefficient (Wildman–Crippen LogP) is 1.68. The molecule has 102 valence electrons. The van der Waals surface area contributed by atoms with Gasteiger partial charge in [-0.25, -0.2) is 4.79 Å². The molecule has 1 aliphatic rings. The van der Waals surface area contributed by atoms with Crippen molar-refractivity contribution in [1.29, 1.82) is 0 Å². The number of nitrogens with zero attached hydrogens (tertiary/aromatic N) is 1. The average molecular weight is 255 g/mol. The van der Waals surface area contributed by atoms with Crippen LogP contribution in [0.2, 0.25) is 0 Å². The van der Waals surface area contributed by atoms with Gasteiger partial charge < -0.3 is 9.47 Å². The maximum atomic E-state index is 12.4. The number of ether oxygens (including phenoxy) is 2. The van der Waals surface area contributed by atoms with E-state index in [0.29, 0.717) is 11.3 Å². The summed E-state index contributed by atoms with van der Waals surface area (Å²) in [7, 11) is 1.31. The van der Waals surface area contributed by atoms with E-state index in [9.17, 15) is 9.59 Å². The molecule has 0 saturated heterocycles. The van der Waals surface area contributed by atoms with Gasteiger partial charge >= 0.3 is 5.97 Å². The molecular formula is C13H21NO4. The Bertz CT molecular complexity index is 396. The zero-order chi connectivity index (χ0) is 14.1. The summed E-state index contributed by atoms with van der Waals surface area (Å²) in [6.07, 6.45) is 0. The minimum atomic E-state index is -1.04. The fourth-order valence-electron chi connectivity index (χ4n) is 2.02. The highest BCUT2D eigenvalue weighted by Crippen LogP contribution is 2.28. The first-order chi connectivity index (χ1) is 8.23. The zero-order valence-corrected chi connectivity index (χ0v) is 11.9. The first-order valence-corrected chi connectivity index (χ1v) is 5.97. The van der Waals surface area contributed by atoms with Crippen molar-refractivity contribution in [3.63, 3.8) is 0 Å². The number of hydrogen-bond acceptors (Lipinski definition) is 4. The van der Waals surface area contributed by atoms with E-state index in [1.807, 2.05) is 13.8 Å². The molecule has 0 aromatic carbocycles. The molecule has 0 fully saturated rings. The molecule has 0 radical (unpaired) electrons. The Labute approximate surface area is 108 Å². The molecule has 1 amide bonds. The van der Waals surface area contributed by atoms with Crippen molar-refractivity contribution in [3.8, 4) is 0 Å². The van der Waals surface area contributed by atoms with Crippen molar-refractivity contribution in [1.82, 2.24) is 4.90 Å². The number of esters is 1. The molecule has 0 spiro atoms. The van der Waals surface area contributed by atoms with Gasteiger partial charge in [0.1, 0.15) is 11.3 Å². The lowest BCUT2D eigenvalue weighted by Crippen LogP contribution is -2.56. The predicted molar refractivity (Wildman–Crippen MR) is 66.4 cm³/mol. The second-order valence-corrected chi connectivity index (χ2v) is 5.18. The van der Waals surface area contributed by atoms with E-state index in [4.69, 9.17) is 9.47 Å². The largest absolute Gasteiger partial charge is 0.477 e. The fraction of sp³-hybridized carbons (Fsp3) is 0.692. The molecule has 0 aromatic rings. The first kappa shape index (κ1) is 14.5. The molecule has 0 N–H and O–H groups in total. The van der Waals surface area contributed by atoms with Gasteiger partial charge in [-0.15, -0.1) is 0 Å². The Morgan fingerprint density at radius 3 is 2.44 bits per heavy atom. The maximum Gasteiger partial charge on any atom is 0.331 e. The topological polar surface area (TPSA) is 55.8 Å². The highest BCUT2D eigenvalue weighted by molar-refractivity contribution is 5.98. The summed E-state index contributed by atoms with van der Waals surface area (Å²) < 4.78 is 10.2. The van der Waals surface area contributed by atoms with Crippen molar-refractivity contribution in [3.05, 3.63) is 11.3 Å². The van der Waals surface area contributed by atoms with E-state index >= 15 is 0 Å². The number of amides is 1. The van der Waals surface area contributed by atoms with Gasteiger partial charge in [0.25, 0.3) is 5.91 Å². The van der Waals surface area contributed by atoms with Crippen LogP contribution in [0.5, 0.6) is 0 Å². The summed E-state index contributed by atoms with van der Waals surface area (Å²) in [5.74, 6) is 0.0620. The lowest BCUT2D eigenvalue weighted by Gasteiger charge is -2.39. The van der Waals surface area contributed by atoms with E-state index in [0.717, 1.165) is 0 Å². The summed E-state index contributed by atoms with van der Waals surface area (Å²) in [6, 6.07) is 0. The molecule has 5 nitrogen and oxygen atoms in total. The molecule has 0 unspecified atom stereocenters. The molecule has 0 aromatic heterocycles. The van der Waals surface area contributed by atoms with Crippen molar-refractivity contribution < 1.29 is 19.1 Å². The van der Waals surface area contributed by atoms with Crippen LogP contribution in [0.15, 0.2) is 11.3 Å². The zero-order valence-electron chi connectivity index (χ0n) is 11.9. The Balaban J connectivity index is 3.10. The van der Waals surface area contributed by atoms with Crippen LogP contribution in [0.4, 0.5) is 0 Å². The molecule has 0 atom stereocenters.